The van der Waals surface area contributed by atoms with Crippen LogP contribution in [0.4, 0.5) is 10.1 Å². The van der Waals surface area contributed by atoms with E-state index in [1.165, 1.54) is 12.1 Å². The maximum atomic E-state index is 12.8. The van der Waals surface area contributed by atoms with Gasteiger partial charge in [0.2, 0.25) is 0 Å². The van der Waals surface area contributed by atoms with E-state index in [0.717, 1.165) is 6.07 Å². The molecule has 1 aromatic carbocycles. The predicted octanol–water partition coefficient (Wildman–Crippen LogP) is 0.612. The van der Waals surface area contributed by atoms with Crippen molar-refractivity contribution in [2.75, 3.05) is 12.3 Å². The number of carbonyl (C=O) groups excluding carboxylic acids is 1. The van der Waals surface area contributed by atoms with Gasteiger partial charge in [-0.25, -0.2) is 4.39 Å². The summed E-state index contributed by atoms with van der Waals surface area (Å²) in [5.41, 5.74) is 5.37. The van der Waals surface area contributed by atoms with Crippen molar-refractivity contribution in [2.45, 2.75) is 6.42 Å². The van der Waals surface area contributed by atoms with E-state index in [1.54, 1.807) is 0 Å². The number of carboxylic acids is 1. The molecule has 1 amide bonds. The van der Waals surface area contributed by atoms with E-state index in [1.807, 2.05) is 0 Å². The van der Waals surface area contributed by atoms with Crippen molar-refractivity contribution in [1.82, 2.24) is 5.32 Å². The highest BCUT2D eigenvalue weighted by Gasteiger charge is 2.08. The zero-order valence-corrected chi connectivity index (χ0v) is 8.37. The van der Waals surface area contributed by atoms with Gasteiger partial charge in [-0.1, -0.05) is 0 Å². The second kappa shape index (κ2) is 5.11. The van der Waals surface area contributed by atoms with Crippen molar-refractivity contribution >= 4 is 17.6 Å². The lowest BCUT2D eigenvalue weighted by atomic mass is 10.2. The molecule has 4 N–H and O–H groups in total. The van der Waals surface area contributed by atoms with Gasteiger partial charge in [-0.05, 0) is 18.2 Å². The first-order valence-electron chi connectivity index (χ1n) is 4.55. The number of nitrogens with one attached hydrogen (secondary N) is 1. The average Bonchev–Trinajstić information content (AvgIpc) is 2.21. The smallest absolute Gasteiger partial charge is 0.305 e. The van der Waals surface area contributed by atoms with Gasteiger partial charge in [0.05, 0.1) is 12.1 Å². The number of rotatable bonds is 4. The number of nitrogens with two attached hydrogens (primary N) is 1. The number of hydrogen-bond donors (Lipinski definition) is 3. The standard InChI is InChI=1S/C10H11FN2O3/c11-7-2-1-6(5-8(7)12)10(16)13-4-3-9(14)15/h1-2,5H,3-4,12H2,(H,13,16)(H,14,15). The number of carboxylic acid groups (broad SMARTS) is 1. The minimum absolute atomic E-state index is 0.0193. The van der Waals surface area contributed by atoms with Gasteiger partial charge in [0.15, 0.2) is 0 Å². The molecule has 0 unspecified atom stereocenters. The van der Waals surface area contributed by atoms with E-state index in [-0.39, 0.29) is 24.2 Å². The Hall–Kier alpha value is -2.11. The highest BCUT2D eigenvalue weighted by atomic mass is 19.1. The molecule has 0 aliphatic rings. The van der Waals surface area contributed by atoms with Crippen molar-refractivity contribution in [3.05, 3.63) is 29.6 Å². The molecular weight excluding hydrogens is 215 g/mol. The maximum Gasteiger partial charge on any atom is 0.305 e. The molecule has 6 heteroatoms. The van der Waals surface area contributed by atoms with E-state index in [9.17, 15) is 14.0 Å². The lowest BCUT2D eigenvalue weighted by molar-refractivity contribution is -0.136. The van der Waals surface area contributed by atoms with Crippen LogP contribution in [0.1, 0.15) is 16.8 Å². The van der Waals surface area contributed by atoms with Crippen LogP contribution in [0.25, 0.3) is 0 Å². The second-order valence-electron chi connectivity index (χ2n) is 3.14. The molecule has 16 heavy (non-hydrogen) atoms. The van der Waals surface area contributed by atoms with Crippen LogP contribution in [0.3, 0.4) is 0 Å². The topological polar surface area (TPSA) is 92.4 Å². The molecule has 0 heterocycles. The van der Waals surface area contributed by atoms with E-state index < -0.39 is 17.7 Å². The zero-order chi connectivity index (χ0) is 12.1. The van der Waals surface area contributed by atoms with E-state index >= 15 is 0 Å². The SMILES string of the molecule is Nc1cc(C(=O)NCCC(=O)O)ccc1F. The summed E-state index contributed by atoms with van der Waals surface area (Å²) in [6, 6.07) is 3.56. The quantitative estimate of drug-likeness (QED) is 0.656. The Balaban J connectivity index is 2.59. The van der Waals surface area contributed by atoms with Crippen LogP contribution in [0.5, 0.6) is 0 Å². The molecule has 0 aromatic heterocycles. The van der Waals surface area contributed by atoms with Crippen molar-refractivity contribution in [3.8, 4) is 0 Å². The Kier molecular flexibility index (Phi) is 3.82. The minimum Gasteiger partial charge on any atom is -0.481 e. The Labute approximate surface area is 91.1 Å². The van der Waals surface area contributed by atoms with Crippen LogP contribution < -0.4 is 11.1 Å². The molecule has 0 aliphatic carbocycles. The summed E-state index contributed by atoms with van der Waals surface area (Å²) in [4.78, 5) is 21.6. The number of halogens is 1. The third-order valence-electron chi connectivity index (χ3n) is 1.88. The number of amides is 1. The van der Waals surface area contributed by atoms with Gasteiger partial charge in [0.1, 0.15) is 5.82 Å². The van der Waals surface area contributed by atoms with Gasteiger partial charge in [-0.15, -0.1) is 0 Å². The lowest BCUT2D eigenvalue weighted by Gasteiger charge is -2.04. The average molecular weight is 226 g/mol. The number of benzene rings is 1. The summed E-state index contributed by atoms with van der Waals surface area (Å²) in [5.74, 6) is -2.08. The Morgan fingerprint density at radius 1 is 1.44 bits per heavy atom. The molecule has 0 fully saturated rings. The summed E-state index contributed by atoms with van der Waals surface area (Å²) in [6.07, 6.45) is -0.164. The molecule has 86 valence electrons. The van der Waals surface area contributed by atoms with E-state index in [0.29, 0.717) is 0 Å². The molecule has 1 rings (SSSR count). The highest BCUT2D eigenvalue weighted by Crippen LogP contribution is 2.11. The van der Waals surface area contributed by atoms with Crippen molar-refractivity contribution in [1.29, 1.82) is 0 Å². The summed E-state index contributed by atoms with van der Waals surface area (Å²) >= 11 is 0. The summed E-state index contributed by atoms with van der Waals surface area (Å²) in [6.45, 7) is 0.0193. The Morgan fingerprint density at radius 2 is 2.12 bits per heavy atom. The van der Waals surface area contributed by atoms with Crippen molar-refractivity contribution < 1.29 is 19.1 Å². The van der Waals surface area contributed by atoms with Crippen LogP contribution in [0.15, 0.2) is 18.2 Å². The second-order valence-corrected chi connectivity index (χ2v) is 3.14. The van der Waals surface area contributed by atoms with Crippen LogP contribution in [0, 0.1) is 5.82 Å². The Bertz CT molecular complexity index is 421. The Morgan fingerprint density at radius 3 is 2.69 bits per heavy atom. The third-order valence-corrected chi connectivity index (χ3v) is 1.88. The largest absolute Gasteiger partial charge is 0.481 e. The van der Waals surface area contributed by atoms with E-state index in [2.05, 4.69) is 5.32 Å². The molecule has 1 aromatic rings. The predicted molar refractivity (Wildman–Crippen MR) is 55.4 cm³/mol. The number of hydrogen-bond acceptors (Lipinski definition) is 3. The fourth-order valence-electron chi connectivity index (χ4n) is 1.07. The summed E-state index contributed by atoms with van der Waals surface area (Å²) < 4.78 is 12.8. The summed E-state index contributed by atoms with van der Waals surface area (Å²) in [7, 11) is 0. The number of nitrogen functional groups attached to an aromatic ring is 1. The lowest BCUT2D eigenvalue weighted by Crippen LogP contribution is -2.26. The van der Waals surface area contributed by atoms with Gasteiger partial charge in [0.25, 0.3) is 5.91 Å². The fraction of sp³-hybridized carbons (Fsp3) is 0.200. The highest BCUT2D eigenvalue weighted by molar-refractivity contribution is 5.95. The van der Waals surface area contributed by atoms with Gasteiger partial charge < -0.3 is 16.2 Å². The van der Waals surface area contributed by atoms with Crippen LogP contribution in [-0.4, -0.2) is 23.5 Å². The third kappa shape index (κ3) is 3.23. The first-order chi connectivity index (χ1) is 7.50. The molecule has 0 spiro atoms. The van der Waals surface area contributed by atoms with E-state index in [4.69, 9.17) is 10.8 Å². The van der Waals surface area contributed by atoms with Crippen LogP contribution >= 0.6 is 0 Å². The number of carbonyl (C=O) groups is 2. The van der Waals surface area contributed by atoms with Gasteiger partial charge in [-0.2, -0.15) is 0 Å². The first kappa shape index (κ1) is 12.0. The van der Waals surface area contributed by atoms with Crippen molar-refractivity contribution in [2.24, 2.45) is 0 Å². The fourth-order valence-corrected chi connectivity index (χ4v) is 1.07. The maximum absolute atomic E-state index is 12.8. The molecule has 0 saturated carbocycles. The number of anilines is 1. The normalized spacial score (nSPS) is 9.81. The van der Waals surface area contributed by atoms with Crippen LogP contribution in [-0.2, 0) is 4.79 Å². The number of aliphatic carboxylic acids is 1. The van der Waals surface area contributed by atoms with Gasteiger partial charge >= 0.3 is 5.97 Å². The minimum atomic E-state index is -1.00. The molecule has 0 saturated heterocycles. The monoisotopic (exact) mass is 226 g/mol. The first-order valence-corrected chi connectivity index (χ1v) is 4.55. The van der Waals surface area contributed by atoms with Crippen molar-refractivity contribution in [3.63, 3.8) is 0 Å². The molecule has 0 aliphatic heterocycles. The molecule has 0 bridgehead atoms. The molecule has 0 radical (unpaired) electrons. The molecule has 5 nitrogen and oxygen atoms in total. The molecular formula is C10H11FN2O3. The molecule has 0 atom stereocenters. The zero-order valence-electron chi connectivity index (χ0n) is 8.37. The summed E-state index contributed by atoms with van der Waals surface area (Å²) in [5, 5.41) is 10.7. The van der Waals surface area contributed by atoms with Crippen LogP contribution in [0.2, 0.25) is 0 Å². The van der Waals surface area contributed by atoms with Gasteiger partial charge in [-0.3, -0.25) is 9.59 Å². The van der Waals surface area contributed by atoms with Gasteiger partial charge in [0, 0.05) is 12.1 Å².